The average Bonchev–Trinajstić information content (AvgIpc) is 2.60. The summed E-state index contributed by atoms with van der Waals surface area (Å²) in [5.41, 5.74) is -1.74. The maximum absolute atomic E-state index is 12.9. The van der Waals surface area contributed by atoms with Crippen molar-refractivity contribution < 1.29 is 28.6 Å². The lowest BCUT2D eigenvalue weighted by Gasteiger charge is -2.33. The summed E-state index contributed by atoms with van der Waals surface area (Å²) in [5.74, 6) is -0.589. The number of ether oxygens (including phenoxy) is 3. The van der Waals surface area contributed by atoms with Gasteiger partial charge in [-0.2, -0.15) is 0 Å². The van der Waals surface area contributed by atoms with Gasteiger partial charge in [-0.1, -0.05) is 0 Å². The maximum Gasteiger partial charge on any atom is 0.410 e. The minimum atomic E-state index is -0.628. The molecule has 10 heteroatoms. The van der Waals surface area contributed by atoms with Crippen LogP contribution < -0.4 is 5.32 Å². The molecule has 1 aliphatic heterocycles. The highest BCUT2D eigenvalue weighted by Gasteiger charge is 2.26. The molecule has 0 unspecified atom stereocenters. The standard InChI is InChI=1S/C25H48N4O6/c1-23(2,3)33-20(30)18-27-12-10-26-11-13-28(19-21(31)34-24(4,5)6)15-17-29(16-14-27)22(32)35-25(7,8)9/h26H,10-19H2,1-9H3. The molecule has 0 aromatic heterocycles. The number of rotatable bonds is 4. The predicted molar refractivity (Wildman–Crippen MR) is 135 cm³/mol. The highest BCUT2D eigenvalue weighted by Crippen LogP contribution is 2.12. The Balaban J connectivity index is 2.92. The number of nitrogens with one attached hydrogen (secondary N) is 1. The van der Waals surface area contributed by atoms with Gasteiger partial charge in [0.15, 0.2) is 0 Å². The molecule has 0 spiro atoms. The molecule has 0 radical (unpaired) electrons. The first-order valence-electron chi connectivity index (χ1n) is 12.5. The Morgan fingerprint density at radius 3 is 1.31 bits per heavy atom. The van der Waals surface area contributed by atoms with Crippen molar-refractivity contribution in [3.63, 3.8) is 0 Å². The van der Waals surface area contributed by atoms with Gasteiger partial charge in [0.2, 0.25) is 0 Å². The van der Waals surface area contributed by atoms with Crippen molar-refractivity contribution in [2.75, 3.05) is 65.4 Å². The molecule has 1 N–H and O–H groups in total. The molecule has 204 valence electrons. The third-order valence-corrected chi connectivity index (χ3v) is 4.78. The summed E-state index contributed by atoms with van der Waals surface area (Å²) in [4.78, 5) is 43.4. The van der Waals surface area contributed by atoms with Gasteiger partial charge in [0.05, 0.1) is 13.1 Å². The quantitative estimate of drug-likeness (QED) is 0.459. The van der Waals surface area contributed by atoms with Crippen LogP contribution in [0.25, 0.3) is 0 Å². The fourth-order valence-corrected chi connectivity index (χ4v) is 3.40. The van der Waals surface area contributed by atoms with E-state index in [2.05, 4.69) is 5.32 Å². The van der Waals surface area contributed by atoms with E-state index >= 15 is 0 Å². The first-order chi connectivity index (χ1) is 15.9. The van der Waals surface area contributed by atoms with Crippen LogP contribution >= 0.6 is 0 Å². The predicted octanol–water partition coefficient (Wildman–Crippen LogP) is 2.11. The van der Waals surface area contributed by atoms with Crippen LogP contribution in [0.1, 0.15) is 62.3 Å². The zero-order valence-corrected chi connectivity index (χ0v) is 23.4. The molecule has 35 heavy (non-hydrogen) atoms. The Bertz CT molecular complexity index is 650. The Hall–Kier alpha value is -1.91. The number of amides is 1. The third-order valence-electron chi connectivity index (χ3n) is 4.78. The molecule has 1 saturated heterocycles. The van der Waals surface area contributed by atoms with E-state index in [0.717, 1.165) is 0 Å². The molecule has 0 atom stereocenters. The molecule has 1 amide bonds. The highest BCUT2D eigenvalue weighted by molar-refractivity contribution is 5.72. The number of carbonyl (C=O) groups excluding carboxylic acids is 3. The molecular weight excluding hydrogens is 452 g/mol. The van der Waals surface area contributed by atoms with Crippen molar-refractivity contribution in [2.45, 2.75) is 79.1 Å². The molecular formula is C25H48N4O6. The Kier molecular flexibility index (Phi) is 11.9. The second-order valence-electron chi connectivity index (χ2n) is 11.9. The van der Waals surface area contributed by atoms with E-state index in [1.54, 1.807) is 4.90 Å². The number of nitrogens with zero attached hydrogens (tertiary/aromatic N) is 3. The van der Waals surface area contributed by atoms with E-state index in [-0.39, 0.29) is 25.0 Å². The summed E-state index contributed by atoms with van der Waals surface area (Å²) in [6.45, 7) is 21.2. The molecule has 1 fully saturated rings. The van der Waals surface area contributed by atoms with Crippen LogP contribution in [0.5, 0.6) is 0 Å². The van der Waals surface area contributed by atoms with Gasteiger partial charge < -0.3 is 24.4 Å². The van der Waals surface area contributed by atoms with Gasteiger partial charge in [0.25, 0.3) is 0 Å². The van der Waals surface area contributed by atoms with Crippen LogP contribution in [-0.4, -0.2) is 115 Å². The van der Waals surface area contributed by atoms with E-state index in [0.29, 0.717) is 52.4 Å². The molecule has 0 saturated carbocycles. The number of hydrogen-bond acceptors (Lipinski definition) is 9. The highest BCUT2D eigenvalue weighted by atomic mass is 16.6. The van der Waals surface area contributed by atoms with Gasteiger partial charge in [-0.3, -0.25) is 19.4 Å². The smallest absolute Gasteiger partial charge is 0.410 e. The van der Waals surface area contributed by atoms with Crippen LogP contribution in [0, 0.1) is 0 Å². The lowest BCUT2D eigenvalue weighted by Crippen LogP contribution is -2.49. The first kappa shape index (κ1) is 31.1. The summed E-state index contributed by atoms with van der Waals surface area (Å²) >= 11 is 0. The van der Waals surface area contributed by atoms with E-state index in [4.69, 9.17) is 14.2 Å². The zero-order chi connectivity index (χ0) is 26.9. The molecule has 1 aliphatic rings. The SMILES string of the molecule is CC(C)(C)OC(=O)CN1CCNCCN(CC(=O)OC(C)(C)C)CCN(C(=O)OC(C)(C)C)CC1. The van der Waals surface area contributed by atoms with Gasteiger partial charge >= 0.3 is 18.0 Å². The van der Waals surface area contributed by atoms with Crippen molar-refractivity contribution in [3.05, 3.63) is 0 Å². The third kappa shape index (κ3) is 15.6. The molecule has 0 aliphatic carbocycles. The summed E-state index contributed by atoms with van der Waals surface area (Å²) in [6.07, 6.45) is -0.415. The van der Waals surface area contributed by atoms with Crippen LogP contribution in [0.2, 0.25) is 0 Å². The zero-order valence-electron chi connectivity index (χ0n) is 23.4. The van der Waals surface area contributed by atoms with E-state index in [9.17, 15) is 14.4 Å². The van der Waals surface area contributed by atoms with Crippen molar-refractivity contribution >= 4 is 18.0 Å². The van der Waals surface area contributed by atoms with Gasteiger partial charge in [-0.05, 0) is 62.3 Å². The van der Waals surface area contributed by atoms with Gasteiger partial charge in [-0.25, -0.2) is 4.79 Å². The molecule has 0 aromatic rings. The first-order valence-corrected chi connectivity index (χ1v) is 12.5. The van der Waals surface area contributed by atoms with Crippen LogP contribution in [-0.2, 0) is 23.8 Å². The largest absolute Gasteiger partial charge is 0.459 e. The summed E-state index contributed by atoms with van der Waals surface area (Å²) in [7, 11) is 0. The monoisotopic (exact) mass is 500 g/mol. The Labute approximate surface area is 211 Å². The fraction of sp³-hybridized carbons (Fsp3) is 0.880. The lowest BCUT2D eigenvalue weighted by molar-refractivity contribution is -0.157. The molecule has 10 nitrogen and oxygen atoms in total. The molecule has 0 aromatic carbocycles. The van der Waals surface area contributed by atoms with E-state index in [1.807, 2.05) is 72.1 Å². The van der Waals surface area contributed by atoms with Crippen molar-refractivity contribution in [3.8, 4) is 0 Å². The van der Waals surface area contributed by atoms with Gasteiger partial charge in [0, 0.05) is 52.4 Å². The minimum absolute atomic E-state index is 0.145. The van der Waals surface area contributed by atoms with Crippen molar-refractivity contribution in [1.29, 1.82) is 0 Å². The molecule has 0 bridgehead atoms. The van der Waals surface area contributed by atoms with Gasteiger partial charge in [-0.15, -0.1) is 0 Å². The minimum Gasteiger partial charge on any atom is -0.459 e. The second kappa shape index (κ2) is 13.4. The van der Waals surface area contributed by atoms with Crippen molar-refractivity contribution in [2.24, 2.45) is 0 Å². The maximum atomic E-state index is 12.9. The Morgan fingerprint density at radius 2 is 0.971 bits per heavy atom. The second-order valence-corrected chi connectivity index (χ2v) is 11.9. The van der Waals surface area contributed by atoms with Crippen LogP contribution in [0.3, 0.4) is 0 Å². The van der Waals surface area contributed by atoms with E-state index < -0.39 is 22.9 Å². The van der Waals surface area contributed by atoms with Crippen LogP contribution in [0.4, 0.5) is 4.79 Å². The van der Waals surface area contributed by atoms with Crippen LogP contribution in [0.15, 0.2) is 0 Å². The average molecular weight is 501 g/mol. The lowest BCUT2D eigenvalue weighted by atomic mass is 10.2. The number of esters is 2. The molecule has 1 rings (SSSR count). The topological polar surface area (TPSA) is 101 Å². The van der Waals surface area contributed by atoms with E-state index in [1.165, 1.54) is 0 Å². The van der Waals surface area contributed by atoms with Gasteiger partial charge in [0.1, 0.15) is 16.8 Å². The number of hydrogen-bond donors (Lipinski definition) is 1. The normalized spacial score (nSPS) is 18.3. The summed E-state index contributed by atoms with van der Waals surface area (Å²) in [6, 6.07) is 0. The van der Waals surface area contributed by atoms with Crippen molar-refractivity contribution in [1.82, 2.24) is 20.0 Å². The Morgan fingerprint density at radius 1 is 0.600 bits per heavy atom. The molecule has 1 heterocycles. The number of carbonyl (C=O) groups is 3. The summed E-state index contributed by atoms with van der Waals surface area (Å²) < 4.78 is 16.6. The fourth-order valence-electron chi connectivity index (χ4n) is 3.40. The summed E-state index contributed by atoms with van der Waals surface area (Å²) in [5, 5.41) is 3.38.